The molecule has 15 heavy (non-hydrogen) atoms. The predicted molar refractivity (Wildman–Crippen MR) is 55.6 cm³/mol. The van der Waals surface area contributed by atoms with E-state index < -0.39 is 11.6 Å². The van der Waals surface area contributed by atoms with Crippen LogP contribution in [0.5, 0.6) is 0 Å². The summed E-state index contributed by atoms with van der Waals surface area (Å²) < 4.78 is 0. The van der Waals surface area contributed by atoms with Gasteiger partial charge in [0.25, 0.3) is 0 Å². The number of amides is 2. The molecule has 1 rings (SSSR count). The second-order valence-corrected chi connectivity index (χ2v) is 4.82. The van der Waals surface area contributed by atoms with Crippen molar-refractivity contribution in [1.82, 2.24) is 10.2 Å². The van der Waals surface area contributed by atoms with Gasteiger partial charge in [-0.05, 0) is 27.2 Å². The number of piperidine rings is 1. The van der Waals surface area contributed by atoms with Gasteiger partial charge in [-0.1, -0.05) is 0 Å². The maximum Gasteiger partial charge on any atom is 0.408 e. The van der Waals surface area contributed by atoms with E-state index in [9.17, 15) is 9.59 Å². The quantitative estimate of drug-likeness (QED) is 0.685. The molecule has 0 aromatic heterocycles. The van der Waals surface area contributed by atoms with E-state index in [2.05, 4.69) is 5.32 Å². The molecule has 1 saturated heterocycles. The van der Waals surface area contributed by atoms with Gasteiger partial charge < -0.3 is 10.4 Å². The fourth-order valence-electron chi connectivity index (χ4n) is 1.93. The Morgan fingerprint density at radius 1 is 1.53 bits per heavy atom. The van der Waals surface area contributed by atoms with Gasteiger partial charge in [0.2, 0.25) is 5.91 Å². The first-order chi connectivity index (χ1) is 6.82. The van der Waals surface area contributed by atoms with Crippen LogP contribution in [0.25, 0.3) is 0 Å². The van der Waals surface area contributed by atoms with Gasteiger partial charge in [-0.3, -0.25) is 9.69 Å². The number of rotatable bonds is 1. The van der Waals surface area contributed by atoms with Crippen LogP contribution >= 0.6 is 0 Å². The number of carbonyl (C=O) groups excluding carboxylic acids is 1. The zero-order valence-corrected chi connectivity index (χ0v) is 9.41. The molecule has 0 aliphatic carbocycles. The third-order valence-corrected chi connectivity index (χ3v) is 2.53. The van der Waals surface area contributed by atoms with E-state index >= 15 is 0 Å². The number of nitrogens with zero attached hydrogens (tertiary/aromatic N) is 1. The maximum absolute atomic E-state index is 11.1. The highest BCUT2D eigenvalue weighted by molar-refractivity contribution is 5.77. The van der Waals surface area contributed by atoms with Gasteiger partial charge >= 0.3 is 6.09 Å². The van der Waals surface area contributed by atoms with Crippen molar-refractivity contribution in [3.63, 3.8) is 0 Å². The van der Waals surface area contributed by atoms with Gasteiger partial charge in [-0.2, -0.15) is 0 Å². The van der Waals surface area contributed by atoms with E-state index in [1.54, 1.807) is 0 Å². The van der Waals surface area contributed by atoms with Gasteiger partial charge in [0.15, 0.2) is 0 Å². The molecule has 1 fully saturated rings. The Bertz CT molecular complexity index is 260. The second-order valence-electron chi connectivity index (χ2n) is 4.82. The van der Waals surface area contributed by atoms with Gasteiger partial charge in [-0.15, -0.1) is 0 Å². The first-order valence-corrected chi connectivity index (χ1v) is 5.11. The number of carboxylic acid groups (broad SMARTS) is 1. The van der Waals surface area contributed by atoms with E-state index in [0.29, 0.717) is 19.4 Å². The minimum atomic E-state index is -0.927. The Hall–Kier alpha value is -1.26. The molecule has 0 aromatic carbocycles. The van der Waals surface area contributed by atoms with Crippen molar-refractivity contribution < 1.29 is 14.7 Å². The fourth-order valence-corrected chi connectivity index (χ4v) is 1.93. The summed E-state index contributed by atoms with van der Waals surface area (Å²) in [5.41, 5.74) is -0.432. The summed E-state index contributed by atoms with van der Waals surface area (Å²) in [4.78, 5) is 23.5. The number of nitrogens with one attached hydrogen (secondary N) is 1. The van der Waals surface area contributed by atoms with Crippen molar-refractivity contribution in [3.05, 3.63) is 0 Å². The molecular weight excluding hydrogens is 196 g/mol. The predicted octanol–water partition coefficient (Wildman–Crippen LogP) is 1.04. The zero-order valence-electron chi connectivity index (χ0n) is 9.41. The first-order valence-electron chi connectivity index (χ1n) is 5.11. The summed E-state index contributed by atoms with van der Waals surface area (Å²) >= 11 is 0. The van der Waals surface area contributed by atoms with Crippen LogP contribution < -0.4 is 5.32 Å². The summed E-state index contributed by atoms with van der Waals surface area (Å²) in [6, 6.07) is -0.111. The molecule has 1 atom stereocenters. The number of carbonyl (C=O) groups is 2. The minimum absolute atomic E-state index is 0.00509. The van der Waals surface area contributed by atoms with Crippen LogP contribution in [0.3, 0.4) is 0 Å². The molecule has 0 radical (unpaired) electrons. The van der Waals surface area contributed by atoms with Gasteiger partial charge in [-0.25, -0.2) is 4.79 Å². The van der Waals surface area contributed by atoms with Gasteiger partial charge in [0.05, 0.1) is 6.04 Å². The highest BCUT2D eigenvalue weighted by atomic mass is 16.4. The molecule has 2 N–H and O–H groups in total. The van der Waals surface area contributed by atoms with Crippen LogP contribution in [0.4, 0.5) is 4.79 Å². The molecule has 0 spiro atoms. The summed E-state index contributed by atoms with van der Waals surface area (Å²) in [6.07, 6.45) is 0.0866. The van der Waals surface area contributed by atoms with Crippen LogP contribution in [0.15, 0.2) is 0 Å². The molecule has 1 aliphatic heterocycles. The monoisotopic (exact) mass is 214 g/mol. The van der Waals surface area contributed by atoms with Crippen molar-refractivity contribution in [2.24, 2.45) is 0 Å². The van der Waals surface area contributed by atoms with E-state index in [4.69, 9.17) is 5.11 Å². The van der Waals surface area contributed by atoms with Crippen LogP contribution in [0.2, 0.25) is 0 Å². The molecule has 0 unspecified atom stereocenters. The van der Waals surface area contributed by atoms with Crippen molar-refractivity contribution in [3.8, 4) is 0 Å². The van der Waals surface area contributed by atoms with Crippen LogP contribution in [0.1, 0.15) is 33.6 Å². The lowest BCUT2D eigenvalue weighted by molar-refractivity contribution is -0.123. The van der Waals surface area contributed by atoms with E-state index in [-0.39, 0.29) is 11.9 Å². The number of hydrogen-bond donors (Lipinski definition) is 2. The normalized spacial score (nSPS) is 22.1. The van der Waals surface area contributed by atoms with Crippen molar-refractivity contribution >= 4 is 12.0 Å². The Morgan fingerprint density at radius 3 is 2.47 bits per heavy atom. The van der Waals surface area contributed by atoms with E-state index in [1.807, 2.05) is 20.8 Å². The van der Waals surface area contributed by atoms with Gasteiger partial charge in [0, 0.05) is 18.5 Å². The van der Waals surface area contributed by atoms with E-state index in [1.165, 1.54) is 4.90 Å². The molecule has 86 valence electrons. The molecule has 2 amide bonds. The molecule has 5 heteroatoms. The largest absolute Gasteiger partial charge is 0.465 e. The molecule has 1 aliphatic rings. The van der Waals surface area contributed by atoms with Crippen molar-refractivity contribution in [2.75, 3.05) is 6.54 Å². The highest BCUT2D eigenvalue weighted by Gasteiger charge is 2.34. The Labute approximate surface area is 89.4 Å². The molecular formula is C10H18N2O3. The first kappa shape index (κ1) is 11.8. The fraction of sp³-hybridized carbons (Fsp3) is 0.800. The van der Waals surface area contributed by atoms with Crippen LogP contribution in [-0.2, 0) is 4.79 Å². The molecule has 0 bridgehead atoms. The minimum Gasteiger partial charge on any atom is -0.465 e. The average molecular weight is 214 g/mol. The molecule has 5 nitrogen and oxygen atoms in total. The van der Waals surface area contributed by atoms with Crippen LogP contribution in [-0.4, -0.2) is 40.1 Å². The maximum atomic E-state index is 11.1. The summed E-state index contributed by atoms with van der Waals surface area (Å²) in [5, 5.41) is 11.8. The summed E-state index contributed by atoms with van der Waals surface area (Å²) in [5.74, 6) is 0.00509. The van der Waals surface area contributed by atoms with Crippen molar-refractivity contribution in [1.29, 1.82) is 0 Å². The average Bonchev–Trinajstić information content (AvgIpc) is 2.05. The number of hydrogen-bond acceptors (Lipinski definition) is 2. The molecule has 0 aromatic rings. The standard InChI is InChI=1S/C10H18N2O3/c1-10(2,3)12(9(14)15)7-4-5-8(13)11-6-7/h7H,4-6H2,1-3H3,(H,11,13)(H,14,15)/t7-/m0/s1. The summed E-state index contributed by atoms with van der Waals surface area (Å²) in [7, 11) is 0. The topological polar surface area (TPSA) is 69.6 Å². The Kier molecular flexibility index (Phi) is 3.21. The lowest BCUT2D eigenvalue weighted by Crippen LogP contribution is -2.56. The zero-order chi connectivity index (χ0) is 11.6. The lowest BCUT2D eigenvalue weighted by Gasteiger charge is -2.41. The van der Waals surface area contributed by atoms with Crippen molar-refractivity contribution in [2.45, 2.75) is 45.2 Å². The lowest BCUT2D eigenvalue weighted by atomic mass is 9.98. The third kappa shape index (κ3) is 2.84. The summed E-state index contributed by atoms with van der Waals surface area (Å²) in [6.45, 7) is 6.00. The third-order valence-electron chi connectivity index (χ3n) is 2.53. The Balaban J connectivity index is 2.73. The molecule has 0 saturated carbocycles. The highest BCUT2D eigenvalue weighted by Crippen LogP contribution is 2.21. The second kappa shape index (κ2) is 4.08. The van der Waals surface area contributed by atoms with Gasteiger partial charge in [0.1, 0.15) is 0 Å². The SMILES string of the molecule is CC(C)(C)N(C(=O)O)[C@H]1CCC(=O)NC1. The smallest absolute Gasteiger partial charge is 0.408 e. The molecule has 1 heterocycles. The Morgan fingerprint density at radius 2 is 2.13 bits per heavy atom. The van der Waals surface area contributed by atoms with E-state index in [0.717, 1.165) is 0 Å². The van der Waals surface area contributed by atoms with Crippen LogP contribution in [0, 0.1) is 0 Å².